The molecule has 0 aromatic carbocycles. The molecule has 0 saturated heterocycles. The van der Waals surface area contributed by atoms with Crippen LogP contribution in [0.5, 0.6) is 0 Å². The Kier molecular flexibility index (Phi) is 2.92. The number of hydrazine groups is 1. The first-order valence-electron chi connectivity index (χ1n) is 5.16. The van der Waals surface area contributed by atoms with Crippen molar-refractivity contribution in [1.29, 1.82) is 0 Å². The van der Waals surface area contributed by atoms with Crippen molar-refractivity contribution in [2.24, 2.45) is 5.84 Å². The zero-order valence-electron chi connectivity index (χ0n) is 9.60. The van der Waals surface area contributed by atoms with E-state index in [4.69, 9.17) is 10.6 Å². The second kappa shape index (κ2) is 4.38. The van der Waals surface area contributed by atoms with Crippen molar-refractivity contribution in [3.8, 4) is 0 Å². The first-order chi connectivity index (χ1) is 8.17. The topological polar surface area (TPSA) is 94.5 Å². The number of carbonyl (C=O) groups excluding carboxylic acids is 1. The molecule has 90 valence electrons. The van der Waals surface area contributed by atoms with Gasteiger partial charge >= 0.3 is 5.97 Å². The average molecular weight is 235 g/mol. The number of esters is 1. The zero-order valence-corrected chi connectivity index (χ0v) is 9.60. The van der Waals surface area contributed by atoms with Gasteiger partial charge in [0.15, 0.2) is 5.65 Å². The lowest BCUT2D eigenvalue weighted by Crippen LogP contribution is -2.13. The summed E-state index contributed by atoms with van der Waals surface area (Å²) in [7, 11) is 0. The molecule has 2 aromatic heterocycles. The number of nitrogens with two attached hydrogens (primary N) is 1. The van der Waals surface area contributed by atoms with E-state index in [0.29, 0.717) is 23.6 Å². The van der Waals surface area contributed by atoms with Gasteiger partial charge in [0.2, 0.25) is 0 Å². The number of carbonyl (C=O) groups is 1. The first kappa shape index (κ1) is 11.3. The smallest absolute Gasteiger partial charge is 0.343 e. The monoisotopic (exact) mass is 235 g/mol. The lowest BCUT2D eigenvalue weighted by molar-refractivity contribution is 0.0528. The number of hydrogen-bond donors (Lipinski definition) is 2. The van der Waals surface area contributed by atoms with Gasteiger partial charge in [-0.25, -0.2) is 15.6 Å². The van der Waals surface area contributed by atoms with Crippen LogP contribution in [0.3, 0.4) is 0 Å². The van der Waals surface area contributed by atoms with E-state index in [0.717, 1.165) is 5.69 Å². The van der Waals surface area contributed by atoms with Crippen LogP contribution in [0.15, 0.2) is 12.3 Å². The maximum absolute atomic E-state index is 11.7. The largest absolute Gasteiger partial charge is 0.462 e. The second-order valence-electron chi connectivity index (χ2n) is 3.44. The Labute approximate surface area is 97.6 Å². The summed E-state index contributed by atoms with van der Waals surface area (Å²) in [6.07, 6.45) is 1.42. The van der Waals surface area contributed by atoms with E-state index in [2.05, 4.69) is 15.5 Å². The molecule has 2 aromatic rings. The summed E-state index contributed by atoms with van der Waals surface area (Å²) in [6.45, 7) is 3.86. The first-order valence-corrected chi connectivity index (χ1v) is 5.16. The van der Waals surface area contributed by atoms with Gasteiger partial charge in [-0.2, -0.15) is 9.61 Å². The summed E-state index contributed by atoms with van der Waals surface area (Å²) in [5.41, 5.74) is 3.99. The van der Waals surface area contributed by atoms with E-state index in [9.17, 15) is 4.79 Å². The molecule has 0 unspecified atom stereocenters. The summed E-state index contributed by atoms with van der Waals surface area (Å²) in [5, 5.41) is 4.04. The summed E-state index contributed by atoms with van der Waals surface area (Å²) in [5.74, 6) is 5.49. The van der Waals surface area contributed by atoms with Crippen LogP contribution in [0.2, 0.25) is 0 Å². The molecule has 0 atom stereocenters. The van der Waals surface area contributed by atoms with Crippen LogP contribution in [-0.2, 0) is 4.74 Å². The Bertz CT molecular complexity index is 563. The van der Waals surface area contributed by atoms with Gasteiger partial charge in [0.05, 0.1) is 12.8 Å². The SMILES string of the molecule is CCOC(=O)c1cnn2c(NN)cc(C)nc12. The highest BCUT2D eigenvalue weighted by Crippen LogP contribution is 2.15. The fraction of sp³-hybridized carbons (Fsp3) is 0.300. The van der Waals surface area contributed by atoms with E-state index in [1.54, 1.807) is 13.0 Å². The van der Waals surface area contributed by atoms with Gasteiger partial charge in [-0.15, -0.1) is 0 Å². The number of nitrogens with one attached hydrogen (secondary N) is 1. The van der Waals surface area contributed by atoms with Gasteiger partial charge in [-0.3, -0.25) is 0 Å². The highest BCUT2D eigenvalue weighted by Gasteiger charge is 2.16. The van der Waals surface area contributed by atoms with Crippen molar-refractivity contribution in [1.82, 2.24) is 14.6 Å². The van der Waals surface area contributed by atoms with E-state index in [1.165, 1.54) is 10.7 Å². The molecule has 0 bridgehead atoms. The summed E-state index contributed by atoms with van der Waals surface area (Å²) in [6, 6.07) is 1.73. The van der Waals surface area contributed by atoms with Crippen molar-refractivity contribution >= 4 is 17.4 Å². The predicted molar refractivity (Wildman–Crippen MR) is 61.5 cm³/mol. The number of anilines is 1. The highest BCUT2D eigenvalue weighted by atomic mass is 16.5. The maximum atomic E-state index is 11.7. The number of rotatable bonds is 3. The summed E-state index contributed by atoms with van der Waals surface area (Å²) >= 11 is 0. The molecule has 0 saturated carbocycles. The molecule has 2 rings (SSSR count). The Morgan fingerprint density at radius 2 is 2.41 bits per heavy atom. The molecule has 17 heavy (non-hydrogen) atoms. The molecule has 0 spiro atoms. The number of hydrogen-bond acceptors (Lipinski definition) is 6. The van der Waals surface area contributed by atoms with Gasteiger partial charge in [-0.05, 0) is 13.8 Å². The van der Waals surface area contributed by atoms with Crippen molar-refractivity contribution in [2.75, 3.05) is 12.0 Å². The normalized spacial score (nSPS) is 10.5. The number of ether oxygens (including phenoxy) is 1. The maximum Gasteiger partial charge on any atom is 0.343 e. The molecule has 0 fully saturated rings. The fourth-order valence-corrected chi connectivity index (χ4v) is 1.54. The lowest BCUT2D eigenvalue weighted by atomic mass is 10.3. The molecular formula is C10H13N5O2. The minimum Gasteiger partial charge on any atom is -0.462 e. The number of nitrogens with zero attached hydrogens (tertiary/aromatic N) is 3. The molecular weight excluding hydrogens is 222 g/mol. The number of aryl methyl sites for hydroxylation is 1. The fourth-order valence-electron chi connectivity index (χ4n) is 1.54. The van der Waals surface area contributed by atoms with Crippen LogP contribution in [-0.4, -0.2) is 27.2 Å². The minimum atomic E-state index is -0.441. The van der Waals surface area contributed by atoms with Crippen LogP contribution in [0, 0.1) is 6.92 Å². The predicted octanol–water partition coefficient (Wildman–Crippen LogP) is 0.500. The van der Waals surface area contributed by atoms with Crippen molar-refractivity contribution in [3.63, 3.8) is 0 Å². The van der Waals surface area contributed by atoms with Crippen LogP contribution in [0.4, 0.5) is 5.82 Å². The van der Waals surface area contributed by atoms with Crippen LogP contribution >= 0.6 is 0 Å². The van der Waals surface area contributed by atoms with Gasteiger partial charge in [-0.1, -0.05) is 0 Å². The van der Waals surface area contributed by atoms with E-state index in [-0.39, 0.29) is 0 Å². The van der Waals surface area contributed by atoms with Crippen molar-refractivity contribution in [2.45, 2.75) is 13.8 Å². The number of fused-ring (bicyclic) bond motifs is 1. The summed E-state index contributed by atoms with van der Waals surface area (Å²) < 4.78 is 6.38. The van der Waals surface area contributed by atoms with E-state index >= 15 is 0 Å². The van der Waals surface area contributed by atoms with Crippen molar-refractivity contribution < 1.29 is 9.53 Å². The van der Waals surface area contributed by atoms with Gasteiger partial charge < -0.3 is 10.2 Å². The number of aromatic nitrogens is 3. The van der Waals surface area contributed by atoms with Crippen molar-refractivity contribution in [3.05, 3.63) is 23.5 Å². The Morgan fingerprint density at radius 3 is 3.06 bits per heavy atom. The van der Waals surface area contributed by atoms with E-state index < -0.39 is 5.97 Å². The van der Waals surface area contributed by atoms with Gasteiger partial charge in [0.1, 0.15) is 11.4 Å². The second-order valence-corrected chi connectivity index (χ2v) is 3.44. The third kappa shape index (κ3) is 1.92. The zero-order chi connectivity index (χ0) is 12.4. The lowest BCUT2D eigenvalue weighted by Gasteiger charge is -2.05. The molecule has 0 aliphatic carbocycles. The Balaban J connectivity index is 2.60. The molecule has 7 nitrogen and oxygen atoms in total. The Morgan fingerprint density at radius 1 is 1.65 bits per heavy atom. The Hall–Kier alpha value is -2.15. The standard InChI is InChI=1S/C10H13N5O2/c1-3-17-10(16)7-5-12-15-8(14-11)4-6(2)13-9(7)15/h4-5,14H,3,11H2,1-2H3. The van der Waals surface area contributed by atoms with Crippen LogP contribution < -0.4 is 11.3 Å². The molecule has 7 heteroatoms. The molecule has 3 N–H and O–H groups in total. The average Bonchev–Trinajstić information content (AvgIpc) is 2.71. The molecule has 2 heterocycles. The molecule has 0 aliphatic rings. The molecule has 0 aliphatic heterocycles. The summed E-state index contributed by atoms with van der Waals surface area (Å²) in [4.78, 5) is 15.9. The molecule has 0 amide bonds. The molecule has 0 radical (unpaired) electrons. The number of nitrogen functional groups attached to an aromatic ring is 1. The van der Waals surface area contributed by atoms with Crippen LogP contribution in [0.25, 0.3) is 5.65 Å². The highest BCUT2D eigenvalue weighted by molar-refractivity contribution is 5.95. The minimum absolute atomic E-state index is 0.310. The van der Waals surface area contributed by atoms with Gasteiger partial charge in [0, 0.05) is 11.8 Å². The van der Waals surface area contributed by atoms with Crippen LogP contribution in [0.1, 0.15) is 23.0 Å². The third-order valence-electron chi connectivity index (χ3n) is 2.24. The van der Waals surface area contributed by atoms with E-state index in [1.807, 2.05) is 6.92 Å². The third-order valence-corrected chi connectivity index (χ3v) is 2.24. The quantitative estimate of drug-likeness (QED) is 0.457. The van der Waals surface area contributed by atoms with Gasteiger partial charge in [0.25, 0.3) is 0 Å².